The first kappa shape index (κ1) is 34.4. The molecule has 1 aliphatic heterocycles. The number of hydrogen-bond acceptors (Lipinski definition) is 10. The lowest BCUT2D eigenvalue weighted by Gasteiger charge is -2.36. The minimum atomic E-state index is -0.686. The van der Waals surface area contributed by atoms with Crippen LogP contribution in [-0.2, 0) is 0 Å². The summed E-state index contributed by atoms with van der Waals surface area (Å²) in [5, 5.41) is 2.98. The zero-order valence-electron chi connectivity index (χ0n) is 28.1. The van der Waals surface area contributed by atoms with Crippen molar-refractivity contribution in [1.29, 1.82) is 0 Å². The lowest BCUT2D eigenvalue weighted by molar-refractivity contribution is 0.0965. The summed E-state index contributed by atoms with van der Waals surface area (Å²) in [5.41, 5.74) is 1.78. The molecule has 0 radical (unpaired) electrons. The van der Waals surface area contributed by atoms with Crippen LogP contribution in [0, 0.1) is 5.82 Å². The van der Waals surface area contributed by atoms with E-state index in [1.54, 1.807) is 37.4 Å². The van der Waals surface area contributed by atoms with Gasteiger partial charge in [0.25, 0.3) is 0 Å². The number of ether oxygens (including phenoxy) is 4. The van der Waals surface area contributed by atoms with Crippen molar-refractivity contribution < 1.29 is 28.1 Å². The molecule has 0 spiro atoms. The zero-order valence-corrected chi connectivity index (χ0v) is 28.1. The number of benzene rings is 3. The van der Waals surface area contributed by atoms with Crippen molar-refractivity contribution in [2.45, 2.75) is 32.9 Å². The molecule has 0 aliphatic carbocycles. The topological polar surface area (TPSA) is 102 Å². The normalized spacial score (nSPS) is 14.3. The minimum Gasteiger partial charge on any atom is -0.497 e. The SMILES string of the molecule is COc1ccc(N(C(=O)Oc2ccnc(Nc3ccc(OCCN4CCN(C(C)C)CC4)c(F)c3)n2)[C@@H](C)c2ccccc2)c(OC)c1. The highest BCUT2D eigenvalue weighted by Gasteiger charge is 2.29. The molecule has 5 rings (SSSR count). The van der Waals surface area contributed by atoms with Gasteiger partial charge in [-0.15, -0.1) is 0 Å². The molecule has 0 bridgehead atoms. The van der Waals surface area contributed by atoms with Crippen LogP contribution in [0.5, 0.6) is 23.1 Å². The molecule has 2 heterocycles. The van der Waals surface area contributed by atoms with Gasteiger partial charge in [0.15, 0.2) is 11.6 Å². The van der Waals surface area contributed by atoms with Crippen molar-refractivity contribution >= 4 is 23.4 Å². The van der Waals surface area contributed by atoms with Crippen LogP contribution in [0.15, 0.2) is 79.0 Å². The number of carbonyl (C=O) groups is 1. The fraction of sp³-hybridized carbons (Fsp3) is 0.361. The maximum absolute atomic E-state index is 15.0. The monoisotopic (exact) mass is 658 g/mol. The summed E-state index contributed by atoms with van der Waals surface area (Å²) in [7, 11) is 3.08. The maximum atomic E-state index is 15.0. The summed E-state index contributed by atoms with van der Waals surface area (Å²) >= 11 is 0. The van der Waals surface area contributed by atoms with E-state index in [0.29, 0.717) is 35.5 Å². The van der Waals surface area contributed by atoms with Gasteiger partial charge in [-0.3, -0.25) is 14.7 Å². The Labute approximate surface area is 281 Å². The minimum absolute atomic E-state index is 0.00453. The average molecular weight is 659 g/mol. The van der Waals surface area contributed by atoms with E-state index >= 15 is 0 Å². The van der Waals surface area contributed by atoms with Crippen LogP contribution < -0.4 is 29.2 Å². The van der Waals surface area contributed by atoms with E-state index in [4.69, 9.17) is 18.9 Å². The molecule has 0 saturated carbocycles. The lowest BCUT2D eigenvalue weighted by atomic mass is 10.1. The van der Waals surface area contributed by atoms with E-state index in [-0.39, 0.29) is 17.6 Å². The van der Waals surface area contributed by atoms with Gasteiger partial charge in [0, 0.05) is 68.8 Å². The van der Waals surface area contributed by atoms with Crippen molar-refractivity contribution in [3.63, 3.8) is 0 Å². The van der Waals surface area contributed by atoms with Crippen LogP contribution in [0.25, 0.3) is 0 Å². The Hall–Kier alpha value is -4.94. The second kappa shape index (κ2) is 16.2. The molecule has 1 aliphatic rings. The van der Waals surface area contributed by atoms with Crippen molar-refractivity contribution in [2.75, 3.05) is 63.8 Å². The van der Waals surface area contributed by atoms with E-state index in [2.05, 4.69) is 38.9 Å². The average Bonchev–Trinajstić information content (AvgIpc) is 3.10. The molecule has 1 atom stereocenters. The third kappa shape index (κ3) is 8.69. The van der Waals surface area contributed by atoms with Crippen molar-refractivity contribution in [2.24, 2.45) is 0 Å². The molecule has 12 heteroatoms. The number of hydrogen-bond donors (Lipinski definition) is 1. The van der Waals surface area contributed by atoms with Crippen LogP contribution in [0.4, 0.5) is 26.5 Å². The molecule has 3 aromatic carbocycles. The largest absolute Gasteiger partial charge is 0.497 e. The number of amides is 1. The number of anilines is 3. The predicted octanol–water partition coefficient (Wildman–Crippen LogP) is 6.55. The zero-order chi connectivity index (χ0) is 34.0. The summed E-state index contributed by atoms with van der Waals surface area (Å²) in [4.78, 5) is 28.6. The first-order chi connectivity index (χ1) is 23.2. The number of piperazine rings is 1. The molecule has 4 aromatic rings. The van der Waals surface area contributed by atoms with E-state index in [1.807, 2.05) is 37.3 Å². The first-order valence-corrected chi connectivity index (χ1v) is 16.0. The Morgan fingerprint density at radius 1 is 0.938 bits per heavy atom. The van der Waals surface area contributed by atoms with Gasteiger partial charge in [-0.25, -0.2) is 14.2 Å². The van der Waals surface area contributed by atoms with Gasteiger partial charge in [0.1, 0.15) is 18.1 Å². The number of methoxy groups -OCH3 is 2. The Morgan fingerprint density at radius 3 is 2.40 bits per heavy atom. The number of rotatable bonds is 13. The molecular weight excluding hydrogens is 615 g/mol. The van der Waals surface area contributed by atoms with Crippen LogP contribution in [0.2, 0.25) is 0 Å². The molecule has 1 saturated heterocycles. The van der Waals surface area contributed by atoms with Gasteiger partial charge >= 0.3 is 6.09 Å². The molecule has 1 N–H and O–H groups in total. The van der Waals surface area contributed by atoms with Crippen LogP contribution in [0.3, 0.4) is 0 Å². The molecule has 0 unspecified atom stereocenters. The van der Waals surface area contributed by atoms with E-state index in [0.717, 1.165) is 38.3 Å². The fourth-order valence-electron chi connectivity index (χ4n) is 5.54. The molecule has 1 amide bonds. The molecular formula is C36H43FN6O5. The molecule has 1 fully saturated rings. The highest BCUT2D eigenvalue weighted by Crippen LogP contribution is 2.37. The molecule has 48 heavy (non-hydrogen) atoms. The second-order valence-electron chi connectivity index (χ2n) is 11.7. The van der Waals surface area contributed by atoms with Crippen molar-refractivity contribution in [1.82, 2.24) is 19.8 Å². The highest BCUT2D eigenvalue weighted by molar-refractivity contribution is 5.92. The van der Waals surface area contributed by atoms with Gasteiger partial charge in [-0.05, 0) is 50.6 Å². The van der Waals surface area contributed by atoms with Crippen molar-refractivity contribution in [3.8, 4) is 23.1 Å². The van der Waals surface area contributed by atoms with Crippen LogP contribution in [0.1, 0.15) is 32.4 Å². The second-order valence-corrected chi connectivity index (χ2v) is 11.7. The van der Waals surface area contributed by atoms with Gasteiger partial charge < -0.3 is 24.3 Å². The fourth-order valence-corrected chi connectivity index (χ4v) is 5.54. The predicted molar refractivity (Wildman–Crippen MR) is 183 cm³/mol. The highest BCUT2D eigenvalue weighted by atomic mass is 19.1. The van der Waals surface area contributed by atoms with Crippen LogP contribution in [-0.4, -0.2) is 85.5 Å². The van der Waals surface area contributed by atoms with Gasteiger partial charge in [0.2, 0.25) is 11.8 Å². The third-order valence-corrected chi connectivity index (χ3v) is 8.32. The van der Waals surface area contributed by atoms with E-state index in [9.17, 15) is 9.18 Å². The summed E-state index contributed by atoms with van der Waals surface area (Å²) in [6.45, 7) is 11.4. The summed E-state index contributed by atoms with van der Waals surface area (Å²) in [6.07, 6.45) is 0.764. The number of nitrogens with zero attached hydrogens (tertiary/aromatic N) is 5. The van der Waals surface area contributed by atoms with Crippen molar-refractivity contribution in [3.05, 3.63) is 90.4 Å². The molecule has 254 valence electrons. The smallest absolute Gasteiger partial charge is 0.421 e. The van der Waals surface area contributed by atoms with E-state index < -0.39 is 18.0 Å². The Bertz CT molecular complexity index is 1650. The maximum Gasteiger partial charge on any atom is 0.421 e. The molecule has 1 aromatic heterocycles. The third-order valence-electron chi connectivity index (χ3n) is 8.32. The Morgan fingerprint density at radius 2 is 1.71 bits per heavy atom. The number of aromatic nitrogens is 2. The number of carbonyl (C=O) groups excluding carboxylic acids is 1. The summed E-state index contributed by atoms with van der Waals surface area (Å²) < 4.78 is 37.4. The lowest BCUT2D eigenvalue weighted by Crippen LogP contribution is -2.49. The number of nitrogens with one attached hydrogen (secondary N) is 1. The van der Waals surface area contributed by atoms with Gasteiger partial charge in [-0.2, -0.15) is 4.98 Å². The standard InChI is InChI=1S/C36H43FN6O5/c1-25(2)42-19-17-41(18-20-42)21-22-47-32-14-11-28(23-30(32)37)39-35-38-16-15-34(40-35)48-36(44)43(26(3)27-9-7-6-8-10-27)31-13-12-29(45-4)24-33(31)46-5/h6-16,23-26H,17-22H2,1-5H3,(H,38,39,40)/t26-/m0/s1. The van der Waals surface area contributed by atoms with Gasteiger partial charge in [0.05, 0.1) is 25.9 Å². The Kier molecular flexibility index (Phi) is 11.6. The summed E-state index contributed by atoms with van der Waals surface area (Å²) in [6, 6.07) is 20.9. The first-order valence-electron chi connectivity index (χ1n) is 16.0. The van der Waals surface area contributed by atoms with E-state index in [1.165, 1.54) is 30.3 Å². The summed E-state index contributed by atoms with van der Waals surface area (Å²) in [5.74, 6) is 0.800. The number of halogens is 1. The Balaban J connectivity index is 1.24. The quantitative estimate of drug-likeness (QED) is 0.170. The van der Waals surface area contributed by atoms with Gasteiger partial charge in [-0.1, -0.05) is 30.3 Å². The molecule has 11 nitrogen and oxygen atoms in total. The van der Waals surface area contributed by atoms with Crippen LogP contribution >= 0.6 is 0 Å².